The Balaban J connectivity index is 1.80. The van der Waals surface area contributed by atoms with Crippen molar-refractivity contribution in [2.45, 2.75) is 47.0 Å². The number of hydrogen-bond acceptors (Lipinski definition) is 3. The monoisotopic (exact) mass is 413 g/mol. The first-order chi connectivity index (χ1) is 14.2. The van der Waals surface area contributed by atoms with Crippen molar-refractivity contribution >= 4 is 37.8 Å². The molecule has 1 aliphatic heterocycles. The second kappa shape index (κ2) is 6.61. The molecule has 5 rings (SSSR count). The molecule has 3 heteroatoms. The van der Waals surface area contributed by atoms with Crippen LogP contribution in [0.25, 0.3) is 10.1 Å². The zero-order valence-electron chi connectivity index (χ0n) is 18.5. The van der Waals surface area contributed by atoms with Crippen LogP contribution in [0.2, 0.25) is 0 Å². The lowest BCUT2D eigenvalue weighted by atomic mass is 9.84. The van der Waals surface area contributed by atoms with E-state index in [4.69, 9.17) is 4.74 Å². The molecular weight excluding hydrogens is 386 g/mol. The van der Waals surface area contributed by atoms with E-state index < -0.39 is 0 Å². The lowest BCUT2D eigenvalue weighted by Crippen LogP contribution is -2.18. The highest BCUT2D eigenvalue weighted by molar-refractivity contribution is 7.23. The van der Waals surface area contributed by atoms with Crippen LogP contribution in [0.4, 0.5) is 16.4 Å². The van der Waals surface area contributed by atoms with E-state index in [1.165, 1.54) is 38.0 Å². The molecule has 1 aliphatic rings. The highest BCUT2D eigenvalue weighted by Gasteiger charge is 2.31. The Bertz CT molecular complexity index is 1270. The summed E-state index contributed by atoms with van der Waals surface area (Å²) in [7, 11) is 0. The van der Waals surface area contributed by atoms with Gasteiger partial charge in [-0.05, 0) is 67.1 Å². The van der Waals surface area contributed by atoms with Gasteiger partial charge in [-0.15, -0.1) is 11.3 Å². The van der Waals surface area contributed by atoms with Gasteiger partial charge in [-0.1, -0.05) is 56.7 Å². The van der Waals surface area contributed by atoms with Crippen molar-refractivity contribution in [2.24, 2.45) is 0 Å². The predicted octanol–water partition coefficient (Wildman–Crippen LogP) is 8.70. The van der Waals surface area contributed by atoms with Crippen LogP contribution in [0.5, 0.6) is 11.5 Å². The molecule has 0 atom stereocenters. The van der Waals surface area contributed by atoms with Gasteiger partial charge in [0, 0.05) is 10.1 Å². The van der Waals surface area contributed by atoms with Gasteiger partial charge in [0.25, 0.3) is 0 Å². The number of fused-ring (bicyclic) bond motifs is 4. The van der Waals surface area contributed by atoms with Crippen molar-refractivity contribution in [3.8, 4) is 11.5 Å². The number of hydrogen-bond donors (Lipinski definition) is 0. The largest absolute Gasteiger partial charge is 0.451 e. The predicted molar refractivity (Wildman–Crippen MR) is 129 cm³/mol. The van der Waals surface area contributed by atoms with Crippen LogP contribution in [-0.4, -0.2) is 0 Å². The Morgan fingerprint density at radius 1 is 0.867 bits per heavy atom. The fourth-order valence-corrected chi connectivity index (χ4v) is 5.46. The maximum Gasteiger partial charge on any atom is 0.170 e. The van der Waals surface area contributed by atoms with Crippen LogP contribution >= 0.6 is 11.3 Å². The summed E-state index contributed by atoms with van der Waals surface area (Å²) in [5.74, 6) is 1.88. The van der Waals surface area contributed by atoms with Crippen molar-refractivity contribution < 1.29 is 4.74 Å². The van der Waals surface area contributed by atoms with Crippen molar-refractivity contribution in [3.63, 3.8) is 0 Å². The zero-order chi connectivity index (χ0) is 21.2. The number of aryl methyl sites for hydroxylation is 3. The van der Waals surface area contributed by atoms with E-state index >= 15 is 0 Å². The number of para-hydroxylation sites is 2. The van der Waals surface area contributed by atoms with E-state index in [1.807, 2.05) is 6.07 Å². The lowest BCUT2D eigenvalue weighted by Gasteiger charge is -2.33. The van der Waals surface area contributed by atoms with E-state index in [2.05, 4.69) is 95.0 Å². The summed E-state index contributed by atoms with van der Waals surface area (Å²) in [6, 6.07) is 19.7. The summed E-state index contributed by atoms with van der Waals surface area (Å²) in [5.41, 5.74) is 7.67. The van der Waals surface area contributed by atoms with Gasteiger partial charge in [0.1, 0.15) is 5.00 Å². The van der Waals surface area contributed by atoms with Crippen LogP contribution in [0.15, 0.2) is 54.6 Å². The third-order valence-electron chi connectivity index (χ3n) is 5.88. The van der Waals surface area contributed by atoms with E-state index in [0.717, 1.165) is 22.2 Å². The smallest absolute Gasteiger partial charge is 0.170 e. The summed E-state index contributed by atoms with van der Waals surface area (Å²) in [5, 5.41) is 2.35. The van der Waals surface area contributed by atoms with Crippen LogP contribution in [0.3, 0.4) is 0 Å². The van der Waals surface area contributed by atoms with Crippen LogP contribution in [0.1, 0.15) is 43.0 Å². The molecule has 0 radical (unpaired) electrons. The number of ether oxygens (including phenoxy) is 1. The lowest BCUT2D eigenvalue weighted by molar-refractivity contribution is 0.484. The normalized spacial score (nSPS) is 13.2. The first-order valence-electron chi connectivity index (χ1n) is 10.5. The molecule has 0 spiro atoms. The topological polar surface area (TPSA) is 12.5 Å². The maximum atomic E-state index is 6.46. The SMILES string of the molecule is Cc1ccc2sc3c(c2c1)Oc1ccccc1N3c1c(C)cc(C(C)(C)C)cc1C. The first-order valence-corrected chi connectivity index (χ1v) is 11.3. The molecule has 4 aromatic rings. The molecule has 1 aromatic heterocycles. The molecule has 0 aliphatic carbocycles. The molecule has 2 heterocycles. The average Bonchev–Trinajstić information content (AvgIpc) is 3.03. The van der Waals surface area contributed by atoms with E-state index in [0.29, 0.717) is 0 Å². The molecule has 0 unspecified atom stereocenters. The molecule has 30 heavy (non-hydrogen) atoms. The minimum absolute atomic E-state index is 0.122. The third-order valence-corrected chi connectivity index (χ3v) is 7.02. The Labute approximate surface area is 182 Å². The standard InChI is InChI=1S/C27H27NOS/c1-16-11-12-23-20(13-16)25-26(30-23)28(21-9-7-8-10-22(21)29-25)24-17(2)14-19(15-18(24)3)27(4,5)6/h7-15H,1-6H3. The molecule has 0 amide bonds. The van der Waals surface area contributed by atoms with Gasteiger partial charge in [-0.2, -0.15) is 0 Å². The minimum atomic E-state index is 0.122. The maximum absolute atomic E-state index is 6.46. The van der Waals surface area contributed by atoms with E-state index in [1.54, 1.807) is 11.3 Å². The van der Waals surface area contributed by atoms with Gasteiger partial charge < -0.3 is 4.74 Å². The Kier molecular flexibility index (Phi) is 4.23. The summed E-state index contributed by atoms with van der Waals surface area (Å²) < 4.78 is 7.72. The fraction of sp³-hybridized carbons (Fsp3) is 0.259. The van der Waals surface area contributed by atoms with Crippen molar-refractivity contribution in [3.05, 3.63) is 76.9 Å². The van der Waals surface area contributed by atoms with Crippen LogP contribution in [0, 0.1) is 20.8 Å². The minimum Gasteiger partial charge on any atom is -0.451 e. The molecule has 0 saturated carbocycles. The van der Waals surface area contributed by atoms with Gasteiger partial charge in [0.15, 0.2) is 11.5 Å². The zero-order valence-corrected chi connectivity index (χ0v) is 19.3. The average molecular weight is 414 g/mol. The summed E-state index contributed by atoms with van der Waals surface area (Å²) >= 11 is 1.80. The number of thiophene rings is 1. The molecule has 0 N–H and O–H groups in total. The third kappa shape index (κ3) is 2.92. The molecule has 3 aromatic carbocycles. The van der Waals surface area contributed by atoms with Crippen molar-refractivity contribution in [2.75, 3.05) is 4.90 Å². The Hall–Kier alpha value is -2.78. The summed E-state index contributed by atoms with van der Waals surface area (Å²) in [6.45, 7) is 13.4. The molecule has 0 fully saturated rings. The Morgan fingerprint density at radius 2 is 1.57 bits per heavy atom. The van der Waals surface area contributed by atoms with Crippen molar-refractivity contribution in [1.82, 2.24) is 0 Å². The number of benzene rings is 3. The molecule has 2 nitrogen and oxygen atoms in total. The summed E-state index contributed by atoms with van der Waals surface area (Å²) in [4.78, 5) is 2.41. The Morgan fingerprint density at radius 3 is 2.27 bits per heavy atom. The number of nitrogens with zero attached hydrogens (tertiary/aromatic N) is 1. The highest BCUT2D eigenvalue weighted by atomic mass is 32.1. The fourth-order valence-electron chi connectivity index (χ4n) is 4.33. The molecule has 0 bridgehead atoms. The van der Waals surface area contributed by atoms with Gasteiger partial charge in [0.2, 0.25) is 0 Å². The molecule has 152 valence electrons. The number of anilines is 3. The van der Waals surface area contributed by atoms with Gasteiger partial charge in [-0.25, -0.2) is 0 Å². The van der Waals surface area contributed by atoms with Gasteiger partial charge in [0.05, 0.1) is 11.4 Å². The number of rotatable bonds is 1. The van der Waals surface area contributed by atoms with Gasteiger partial charge >= 0.3 is 0 Å². The van der Waals surface area contributed by atoms with E-state index in [9.17, 15) is 0 Å². The van der Waals surface area contributed by atoms with Gasteiger partial charge in [-0.3, -0.25) is 4.90 Å². The van der Waals surface area contributed by atoms with Crippen molar-refractivity contribution in [1.29, 1.82) is 0 Å². The second-order valence-corrected chi connectivity index (χ2v) is 10.4. The molecule has 0 saturated heterocycles. The van der Waals surface area contributed by atoms with Crippen LogP contribution < -0.4 is 9.64 Å². The molecular formula is C27H27NOS. The van der Waals surface area contributed by atoms with E-state index in [-0.39, 0.29) is 5.41 Å². The first kappa shape index (κ1) is 19.2. The second-order valence-electron chi connectivity index (χ2n) is 9.35. The van der Waals surface area contributed by atoms with Crippen LogP contribution in [-0.2, 0) is 5.41 Å². The summed E-state index contributed by atoms with van der Waals surface area (Å²) in [6.07, 6.45) is 0. The highest BCUT2D eigenvalue weighted by Crippen LogP contribution is 2.58. The quantitative estimate of drug-likeness (QED) is 0.272.